The molecule has 0 fully saturated rings. The summed E-state index contributed by atoms with van der Waals surface area (Å²) in [6.45, 7) is 3.98. The number of benzene rings is 1. The number of tetrazole rings is 1. The molecule has 1 aromatic carbocycles. The van der Waals surface area contributed by atoms with Gasteiger partial charge in [0, 0.05) is 41.3 Å². The van der Waals surface area contributed by atoms with Gasteiger partial charge in [0.05, 0.1) is 5.69 Å². The van der Waals surface area contributed by atoms with Crippen molar-refractivity contribution in [2.24, 2.45) is 0 Å². The third-order valence-corrected chi connectivity index (χ3v) is 5.77. The van der Waals surface area contributed by atoms with Gasteiger partial charge in [-0.2, -0.15) is 5.21 Å². The summed E-state index contributed by atoms with van der Waals surface area (Å²) < 4.78 is 6.27. The lowest BCUT2D eigenvalue weighted by molar-refractivity contribution is 0.481. The van der Waals surface area contributed by atoms with Crippen molar-refractivity contribution in [2.45, 2.75) is 26.7 Å². The number of hydrogen-bond acceptors (Lipinski definition) is 8. The van der Waals surface area contributed by atoms with Crippen LogP contribution in [0.25, 0.3) is 11.4 Å². The molecular weight excluding hydrogens is 476 g/mol. The molecule has 0 saturated carbocycles. The molecule has 2 N–H and O–H groups in total. The van der Waals surface area contributed by atoms with Crippen LogP contribution in [0.1, 0.15) is 22.6 Å². The summed E-state index contributed by atoms with van der Waals surface area (Å²) >= 11 is 6.37. The number of hydrogen-bond donors (Lipinski definition) is 2. The van der Waals surface area contributed by atoms with E-state index in [9.17, 15) is 0 Å². The van der Waals surface area contributed by atoms with Gasteiger partial charge in [-0.15, -0.1) is 10.2 Å². The van der Waals surface area contributed by atoms with Crippen LogP contribution in [0.3, 0.4) is 0 Å². The fraction of sp³-hybridized carbons (Fsp3) is 0.154. The van der Waals surface area contributed by atoms with Crippen molar-refractivity contribution in [1.82, 2.24) is 35.6 Å². The van der Waals surface area contributed by atoms with E-state index in [1.165, 1.54) is 0 Å². The molecule has 0 unspecified atom stereocenters. The van der Waals surface area contributed by atoms with Crippen molar-refractivity contribution in [3.63, 3.8) is 0 Å². The second-order valence-electron chi connectivity index (χ2n) is 8.23. The van der Waals surface area contributed by atoms with Crippen LogP contribution in [0.4, 0.5) is 11.5 Å². The van der Waals surface area contributed by atoms with Gasteiger partial charge in [-0.1, -0.05) is 22.9 Å². The van der Waals surface area contributed by atoms with E-state index in [4.69, 9.17) is 21.3 Å². The molecule has 0 aliphatic heterocycles. The fourth-order valence-electron chi connectivity index (χ4n) is 3.67. The molecule has 5 rings (SSSR count). The molecule has 0 spiro atoms. The molecule has 0 saturated heterocycles. The first-order chi connectivity index (χ1) is 17.5. The molecular formula is C26H23ClN8O. The first-order valence-corrected chi connectivity index (χ1v) is 11.7. The topological polar surface area (TPSA) is 114 Å². The molecule has 0 aliphatic carbocycles. The number of rotatable bonds is 8. The highest BCUT2D eigenvalue weighted by atomic mass is 35.5. The van der Waals surface area contributed by atoms with E-state index in [0.29, 0.717) is 40.3 Å². The highest BCUT2D eigenvalue weighted by Crippen LogP contribution is 2.33. The Bertz CT molecular complexity index is 1480. The van der Waals surface area contributed by atoms with Gasteiger partial charge in [0.2, 0.25) is 0 Å². The van der Waals surface area contributed by atoms with Gasteiger partial charge >= 0.3 is 0 Å². The van der Waals surface area contributed by atoms with Crippen molar-refractivity contribution in [3.8, 4) is 22.9 Å². The van der Waals surface area contributed by atoms with Crippen LogP contribution >= 0.6 is 11.6 Å². The number of ether oxygens (including phenoxy) is 1. The molecule has 10 heteroatoms. The Morgan fingerprint density at radius 3 is 2.69 bits per heavy atom. The quantitative estimate of drug-likeness (QED) is 0.282. The third kappa shape index (κ3) is 5.64. The first-order valence-electron chi connectivity index (χ1n) is 11.4. The maximum atomic E-state index is 6.37. The Hall–Kier alpha value is -4.37. The molecule has 9 nitrogen and oxygen atoms in total. The van der Waals surface area contributed by atoms with Gasteiger partial charge in [0.25, 0.3) is 0 Å². The maximum absolute atomic E-state index is 6.37. The summed E-state index contributed by atoms with van der Waals surface area (Å²) in [7, 11) is 0. The molecule has 0 atom stereocenters. The highest BCUT2D eigenvalue weighted by Gasteiger charge is 2.14. The standard InChI is InChI=1S/C26H23ClN8O/c1-16-11-23(26(30-17(16)2)22-5-3-4-9-28-22)36-21-8-10-29-25(15-21)31-20-13-18(12-19(27)14-20)6-7-24-32-34-35-33-24/h3-5,8-15H,6-7H2,1-2H3,(H,29,31)(H,32,33,34,35). The molecule has 36 heavy (non-hydrogen) atoms. The molecule has 4 aromatic heterocycles. The number of H-pyrrole nitrogens is 1. The number of anilines is 2. The predicted octanol–water partition coefficient (Wildman–Crippen LogP) is 5.64. The van der Waals surface area contributed by atoms with E-state index < -0.39 is 0 Å². The van der Waals surface area contributed by atoms with Gasteiger partial charge in [0.15, 0.2) is 11.6 Å². The minimum absolute atomic E-state index is 0.620. The van der Waals surface area contributed by atoms with Crippen molar-refractivity contribution < 1.29 is 4.74 Å². The second-order valence-corrected chi connectivity index (χ2v) is 8.67. The Kier molecular flexibility index (Phi) is 6.81. The smallest absolute Gasteiger partial charge is 0.174 e. The van der Waals surface area contributed by atoms with Gasteiger partial charge in [-0.05, 0) is 73.9 Å². The molecule has 0 bridgehead atoms. The Morgan fingerprint density at radius 1 is 0.972 bits per heavy atom. The molecule has 0 aliphatic rings. The van der Waals surface area contributed by atoms with Crippen LogP contribution < -0.4 is 10.1 Å². The number of pyridine rings is 3. The van der Waals surface area contributed by atoms with Gasteiger partial charge in [0.1, 0.15) is 17.3 Å². The van der Waals surface area contributed by atoms with E-state index in [1.54, 1.807) is 18.5 Å². The number of nitrogens with one attached hydrogen (secondary N) is 2. The molecule has 0 radical (unpaired) electrons. The third-order valence-electron chi connectivity index (χ3n) is 5.55. The largest absolute Gasteiger partial charge is 0.455 e. The van der Waals surface area contributed by atoms with Crippen molar-refractivity contribution >= 4 is 23.1 Å². The number of aryl methyl sites for hydroxylation is 4. The summed E-state index contributed by atoms with van der Waals surface area (Å²) in [6, 6.07) is 17.1. The van der Waals surface area contributed by atoms with Crippen molar-refractivity contribution in [2.75, 3.05) is 5.32 Å². The van der Waals surface area contributed by atoms with E-state index >= 15 is 0 Å². The zero-order valence-electron chi connectivity index (χ0n) is 19.7. The maximum Gasteiger partial charge on any atom is 0.174 e. The van der Waals surface area contributed by atoms with Crippen LogP contribution in [0.15, 0.2) is 67.0 Å². The Balaban J connectivity index is 1.36. The summed E-state index contributed by atoms with van der Waals surface area (Å²) in [5.41, 5.74) is 5.25. The number of nitrogens with zero attached hydrogens (tertiary/aromatic N) is 6. The van der Waals surface area contributed by atoms with Crippen LogP contribution in [0.5, 0.6) is 11.5 Å². The van der Waals surface area contributed by atoms with E-state index in [1.807, 2.05) is 62.4 Å². The zero-order chi connectivity index (χ0) is 24.9. The van der Waals surface area contributed by atoms with Crippen molar-refractivity contribution in [3.05, 3.63) is 94.7 Å². The summed E-state index contributed by atoms with van der Waals surface area (Å²) in [6.07, 6.45) is 4.81. The normalized spacial score (nSPS) is 10.9. The van der Waals surface area contributed by atoms with Crippen molar-refractivity contribution in [1.29, 1.82) is 0 Å². The van der Waals surface area contributed by atoms with Crippen LogP contribution in [-0.4, -0.2) is 35.6 Å². The minimum Gasteiger partial charge on any atom is -0.455 e. The molecule has 0 amide bonds. The van der Waals surface area contributed by atoms with Gasteiger partial charge in [-0.25, -0.2) is 9.97 Å². The monoisotopic (exact) mass is 498 g/mol. The van der Waals surface area contributed by atoms with Crippen LogP contribution in [0.2, 0.25) is 5.02 Å². The SMILES string of the molecule is Cc1cc(Oc2ccnc(Nc3cc(Cl)cc(CCc4nn[nH]n4)c3)c2)c(-c2ccccn2)nc1C. The lowest BCUT2D eigenvalue weighted by atomic mass is 10.1. The summed E-state index contributed by atoms with van der Waals surface area (Å²) in [5, 5.41) is 18.0. The van der Waals surface area contributed by atoms with E-state index in [-0.39, 0.29) is 0 Å². The molecule has 5 aromatic rings. The van der Waals surface area contributed by atoms with E-state index in [0.717, 1.165) is 34.6 Å². The number of halogens is 1. The average molecular weight is 499 g/mol. The van der Waals surface area contributed by atoms with E-state index in [2.05, 4.69) is 35.9 Å². The number of aromatic nitrogens is 7. The lowest BCUT2D eigenvalue weighted by Gasteiger charge is -2.14. The minimum atomic E-state index is 0.620. The van der Waals surface area contributed by atoms with Crippen LogP contribution in [-0.2, 0) is 12.8 Å². The predicted molar refractivity (Wildman–Crippen MR) is 138 cm³/mol. The molecule has 4 heterocycles. The fourth-order valence-corrected chi connectivity index (χ4v) is 3.93. The first kappa shape index (κ1) is 23.4. The van der Waals surface area contributed by atoms with Crippen LogP contribution in [0, 0.1) is 13.8 Å². The average Bonchev–Trinajstić information content (AvgIpc) is 3.39. The number of aromatic amines is 1. The highest BCUT2D eigenvalue weighted by molar-refractivity contribution is 6.31. The Morgan fingerprint density at radius 2 is 1.89 bits per heavy atom. The van der Waals surface area contributed by atoms with Gasteiger partial charge < -0.3 is 10.1 Å². The molecule has 180 valence electrons. The summed E-state index contributed by atoms with van der Waals surface area (Å²) in [5.74, 6) is 2.52. The van der Waals surface area contributed by atoms with Gasteiger partial charge in [-0.3, -0.25) is 4.98 Å². The lowest BCUT2D eigenvalue weighted by Crippen LogP contribution is -1.99. The second kappa shape index (κ2) is 10.5. The Labute approximate surface area is 213 Å². The summed E-state index contributed by atoms with van der Waals surface area (Å²) in [4.78, 5) is 13.6. The zero-order valence-corrected chi connectivity index (χ0v) is 20.5.